The van der Waals surface area contributed by atoms with E-state index in [-0.39, 0.29) is 24.4 Å². The van der Waals surface area contributed by atoms with Crippen molar-refractivity contribution in [1.82, 2.24) is 24.6 Å². The number of rotatable bonds is 6. The molecule has 3 heterocycles. The van der Waals surface area contributed by atoms with E-state index in [0.29, 0.717) is 23.4 Å². The number of aromatic nitrogens is 3. The van der Waals surface area contributed by atoms with Crippen molar-refractivity contribution in [1.29, 1.82) is 0 Å². The fourth-order valence-corrected chi connectivity index (χ4v) is 5.82. The summed E-state index contributed by atoms with van der Waals surface area (Å²) in [5.74, 6) is -1.12. The van der Waals surface area contributed by atoms with Gasteiger partial charge in [0.25, 0.3) is 0 Å². The van der Waals surface area contributed by atoms with Crippen LogP contribution in [0.4, 0.5) is 17.6 Å². The van der Waals surface area contributed by atoms with Crippen molar-refractivity contribution in [2.75, 3.05) is 6.54 Å². The first-order chi connectivity index (χ1) is 16.9. The maximum atomic E-state index is 13.3. The molecule has 2 aromatic heterocycles. The number of nitrogens with one attached hydrogen (secondary N) is 1. The quantitative estimate of drug-likeness (QED) is 0.496. The summed E-state index contributed by atoms with van der Waals surface area (Å²) in [4.78, 5) is 24.5. The molecule has 1 fully saturated rings. The van der Waals surface area contributed by atoms with E-state index >= 15 is 0 Å². The fraction of sp³-hybridized carbons (Fsp3) is 0.304. The summed E-state index contributed by atoms with van der Waals surface area (Å²) < 4.78 is 78.9. The highest BCUT2D eigenvalue weighted by Gasteiger charge is 2.49. The van der Waals surface area contributed by atoms with E-state index in [0.717, 1.165) is 40.8 Å². The minimum atomic E-state index is -4.56. The van der Waals surface area contributed by atoms with Crippen LogP contribution >= 0.6 is 0 Å². The first-order valence-corrected chi connectivity index (χ1v) is 12.3. The first kappa shape index (κ1) is 25.6. The van der Waals surface area contributed by atoms with Crippen LogP contribution in [0.25, 0.3) is 11.3 Å². The number of benzene rings is 1. The molecule has 4 rings (SSSR count). The first-order valence-electron chi connectivity index (χ1n) is 10.8. The van der Waals surface area contributed by atoms with Crippen molar-refractivity contribution in [2.24, 2.45) is 0 Å². The van der Waals surface area contributed by atoms with Gasteiger partial charge in [0.15, 0.2) is 0 Å². The van der Waals surface area contributed by atoms with E-state index in [9.17, 15) is 30.8 Å². The van der Waals surface area contributed by atoms with Gasteiger partial charge in [0.1, 0.15) is 23.4 Å². The molecule has 1 N–H and O–H groups in total. The molecule has 1 amide bonds. The van der Waals surface area contributed by atoms with Gasteiger partial charge >= 0.3 is 6.18 Å². The second-order valence-corrected chi connectivity index (χ2v) is 10.3. The molecule has 1 atom stereocenters. The number of alkyl halides is 3. The predicted molar refractivity (Wildman–Crippen MR) is 120 cm³/mol. The summed E-state index contributed by atoms with van der Waals surface area (Å²) in [5, 5.41) is 2.69. The lowest BCUT2D eigenvalue weighted by atomic mass is 9.99. The second kappa shape index (κ2) is 9.54. The van der Waals surface area contributed by atoms with Crippen LogP contribution in [0.3, 0.4) is 0 Å². The van der Waals surface area contributed by atoms with E-state index in [1.54, 1.807) is 0 Å². The van der Waals surface area contributed by atoms with Gasteiger partial charge in [-0.15, -0.1) is 0 Å². The Morgan fingerprint density at radius 2 is 1.83 bits per heavy atom. The van der Waals surface area contributed by atoms with Crippen molar-refractivity contribution in [3.63, 3.8) is 0 Å². The number of pyridine rings is 1. The Labute approximate surface area is 204 Å². The largest absolute Gasteiger partial charge is 0.433 e. The topological polar surface area (TPSA) is 105 Å². The van der Waals surface area contributed by atoms with Gasteiger partial charge in [-0.05, 0) is 62.2 Å². The van der Waals surface area contributed by atoms with Crippen LogP contribution in [0, 0.1) is 5.82 Å². The zero-order valence-electron chi connectivity index (χ0n) is 19.0. The van der Waals surface area contributed by atoms with Crippen LogP contribution in [0.5, 0.6) is 0 Å². The van der Waals surface area contributed by atoms with E-state index < -0.39 is 39.2 Å². The van der Waals surface area contributed by atoms with Crippen LogP contribution in [0.1, 0.15) is 31.2 Å². The molecule has 1 aromatic carbocycles. The minimum Gasteiger partial charge on any atom is -0.349 e. The van der Waals surface area contributed by atoms with Crippen LogP contribution in [-0.4, -0.2) is 45.7 Å². The number of amides is 1. The van der Waals surface area contributed by atoms with E-state index in [2.05, 4.69) is 20.3 Å². The molecule has 8 nitrogen and oxygen atoms in total. The van der Waals surface area contributed by atoms with E-state index in [4.69, 9.17) is 0 Å². The molecule has 0 bridgehead atoms. The number of nitrogens with zero attached hydrogens (tertiary/aromatic N) is 4. The highest BCUT2D eigenvalue weighted by atomic mass is 32.2. The molecule has 0 aliphatic carbocycles. The Balaban J connectivity index is 1.48. The van der Waals surface area contributed by atoms with Gasteiger partial charge in [0.05, 0.1) is 22.8 Å². The van der Waals surface area contributed by atoms with Gasteiger partial charge in [-0.3, -0.25) is 9.78 Å². The molecule has 0 radical (unpaired) electrons. The van der Waals surface area contributed by atoms with Gasteiger partial charge in [-0.1, -0.05) is 0 Å². The molecule has 1 unspecified atom stereocenters. The molecule has 1 aliphatic rings. The van der Waals surface area contributed by atoms with Crippen molar-refractivity contribution in [2.45, 2.75) is 42.9 Å². The lowest BCUT2D eigenvalue weighted by molar-refractivity contribution is -0.141. The normalized spacial score (nSPS) is 18.8. The lowest BCUT2D eigenvalue weighted by Gasteiger charge is -2.33. The lowest BCUT2D eigenvalue weighted by Crippen LogP contribution is -2.55. The Morgan fingerprint density at radius 3 is 2.47 bits per heavy atom. The van der Waals surface area contributed by atoms with E-state index in [1.165, 1.54) is 25.4 Å². The minimum absolute atomic E-state index is 0.0670. The zero-order valence-corrected chi connectivity index (χ0v) is 19.8. The number of carbonyl (C=O) groups is 1. The summed E-state index contributed by atoms with van der Waals surface area (Å²) >= 11 is 0. The van der Waals surface area contributed by atoms with Gasteiger partial charge in [-0.25, -0.2) is 22.8 Å². The molecule has 3 aromatic rings. The van der Waals surface area contributed by atoms with Crippen LogP contribution in [0.15, 0.2) is 59.9 Å². The summed E-state index contributed by atoms with van der Waals surface area (Å²) in [6.45, 7) is 1.58. The smallest absolute Gasteiger partial charge is 0.349 e. The van der Waals surface area contributed by atoms with E-state index in [1.807, 2.05) is 0 Å². The summed E-state index contributed by atoms with van der Waals surface area (Å²) in [5.41, 5.74) is -1.40. The second-order valence-electron chi connectivity index (χ2n) is 8.42. The number of hydrogen-bond donors (Lipinski definition) is 1. The SMILES string of the molecule is CC1(C(=O)NCc2cc(-c3ccc(C(F)(F)F)nc3)ncn2)CCCN1S(=O)(=O)c1ccc(F)cc1. The monoisotopic (exact) mass is 523 g/mol. The molecule has 1 aliphatic heterocycles. The Hall–Kier alpha value is -3.45. The van der Waals surface area contributed by atoms with Crippen molar-refractivity contribution >= 4 is 15.9 Å². The third-order valence-electron chi connectivity index (χ3n) is 5.97. The zero-order chi connectivity index (χ0) is 26.1. The summed E-state index contributed by atoms with van der Waals surface area (Å²) in [6.07, 6.45) is -1.56. The van der Waals surface area contributed by atoms with Gasteiger partial charge < -0.3 is 5.32 Å². The Kier molecular flexibility index (Phi) is 6.80. The van der Waals surface area contributed by atoms with Gasteiger partial charge in [0, 0.05) is 18.3 Å². The average Bonchev–Trinajstić information content (AvgIpc) is 3.26. The van der Waals surface area contributed by atoms with Crippen LogP contribution in [-0.2, 0) is 27.5 Å². The Bertz CT molecular complexity index is 1370. The molecule has 1 saturated heterocycles. The van der Waals surface area contributed by atoms with Crippen molar-refractivity contribution < 1.29 is 30.8 Å². The standard InChI is InChI=1S/C23H21F4N5O3S/c1-22(9-2-10-32(22)36(34,35)18-6-4-16(24)5-7-18)21(33)29-13-17-11-19(31-14-30-17)15-3-8-20(28-12-15)23(25,26)27/h3-8,11-12,14H,2,9-10,13H2,1H3,(H,29,33). The maximum Gasteiger partial charge on any atom is 0.433 e. The molecule has 0 spiro atoms. The van der Waals surface area contributed by atoms with Gasteiger partial charge in [-0.2, -0.15) is 17.5 Å². The number of halogens is 4. The number of hydrogen-bond acceptors (Lipinski definition) is 6. The molecular weight excluding hydrogens is 502 g/mol. The maximum absolute atomic E-state index is 13.3. The molecule has 0 saturated carbocycles. The number of carbonyl (C=O) groups excluding carboxylic acids is 1. The van der Waals surface area contributed by atoms with Crippen LogP contribution < -0.4 is 5.32 Å². The highest BCUT2D eigenvalue weighted by molar-refractivity contribution is 7.89. The third kappa shape index (κ3) is 5.07. The number of sulfonamides is 1. The predicted octanol–water partition coefficient (Wildman–Crippen LogP) is 3.56. The highest BCUT2D eigenvalue weighted by Crippen LogP contribution is 2.35. The molecule has 13 heteroatoms. The Morgan fingerprint density at radius 1 is 1.11 bits per heavy atom. The molecular formula is C23H21F4N5O3S. The molecule has 190 valence electrons. The average molecular weight is 524 g/mol. The van der Waals surface area contributed by atoms with Crippen molar-refractivity contribution in [3.05, 3.63) is 72.2 Å². The van der Waals surface area contributed by atoms with Gasteiger partial charge in [0.2, 0.25) is 15.9 Å². The summed E-state index contributed by atoms with van der Waals surface area (Å²) in [6, 6.07) is 7.96. The molecule has 36 heavy (non-hydrogen) atoms. The van der Waals surface area contributed by atoms with Crippen molar-refractivity contribution in [3.8, 4) is 11.3 Å². The third-order valence-corrected chi connectivity index (χ3v) is 8.00. The summed E-state index contributed by atoms with van der Waals surface area (Å²) in [7, 11) is -4.05. The fourth-order valence-electron chi connectivity index (χ4n) is 4.01. The van der Waals surface area contributed by atoms with Crippen LogP contribution in [0.2, 0.25) is 0 Å².